The summed E-state index contributed by atoms with van der Waals surface area (Å²) >= 11 is 0. The van der Waals surface area contributed by atoms with Crippen LogP contribution in [-0.4, -0.2) is 75.8 Å². The number of pyridine rings is 1. The lowest BCUT2D eigenvalue weighted by Crippen LogP contribution is -2.43. The number of carbonyl (C=O) groups excluding carboxylic acids is 3. The van der Waals surface area contributed by atoms with Gasteiger partial charge in [0, 0.05) is 86.7 Å². The number of carbonyl (C=O) groups is 3. The van der Waals surface area contributed by atoms with E-state index in [1.165, 1.54) is 0 Å². The molecule has 1 fully saturated rings. The zero-order valence-corrected chi connectivity index (χ0v) is 26.5. The first-order valence-electron chi connectivity index (χ1n) is 15.7. The van der Waals surface area contributed by atoms with Crippen LogP contribution < -0.4 is 20.1 Å². The summed E-state index contributed by atoms with van der Waals surface area (Å²) in [7, 11) is 2.08. The van der Waals surface area contributed by atoms with E-state index in [2.05, 4.69) is 42.4 Å². The van der Waals surface area contributed by atoms with Crippen molar-refractivity contribution < 1.29 is 23.9 Å². The molecule has 2 N–H and O–H groups in total. The van der Waals surface area contributed by atoms with E-state index < -0.39 is 17.8 Å². The Bertz CT molecular complexity index is 1770. The molecule has 47 heavy (non-hydrogen) atoms. The van der Waals surface area contributed by atoms with Crippen LogP contribution in [0.5, 0.6) is 11.5 Å². The molecule has 2 aromatic carbocycles. The van der Waals surface area contributed by atoms with Gasteiger partial charge in [0.2, 0.25) is 5.95 Å². The number of hydrogen-bond acceptors (Lipinski definition) is 11. The van der Waals surface area contributed by atoms with E-state index in [0.717, 1.165) is 37.3 Å². The summed E-state index contributed by atoms with van der Waals surface area (Å²) in [5, 5.41) is 6.16. The third-order valence-corrected chi connectivity index (χ3v) is 8.23. The zero-order chi connectivity index (χ0) is 32.8. The summed E-state index contributed by atoms with van der Waals surface area (Å²) in [6.45, 7) is 5.91. The van der Waals surface area contributed by atoms with Crippen molar-refractivity contribution in [3.8, 4) is 22.8 Å². The predicted octanol–water partition coefficient (Wildman–Crippen LogP) is 4.98. The highest BCUT2D eigenvalue weighted by molar-refractivity contribution is 6.07. The molecule has 0 radical (unpaired) electrons. The van der Waals surface area contributed by atoms with Crippen molar-refractivity contribution in [3.05, 3.63) is 83.8 Å². The van der Waals surface area contributed by atoms with Crippen LogP contribution >= 0.6 is 0 Å². The van der Waals surface area contributed by atoms with Crippen molar-refractivity contribution in [1.82, 2.24) is 24.8 Å². The van der Waals surface area contributed by atoms with Crippen LogP contribution in [0.2, 0.25) is 0 Å². The van der Waals surface area contributed by atoms with Gasteiger partial charge in [-0.3, -0.25) is 24.3 Å². The Labute approximate surface area is 273 Å². The number of anilines is 3. The van der Waals surface area contributed by atoms with Gasteiger partial charge in [-0.25, -0.2) is 9.97 Å². The summed E-state index contributed by atoms with van der Waals surface area (Å²) < 4.78 is 11.6. The SMILES string of the molecule is Cc1ccc(NC(=O)c2ccc(CN3CCN(C)CC3)c3c2OC(=O)CCCCC(=O)O3)cc1Nc1nccc(-c2cccnc2)n1. The summed E-state index contributed by atoms with van der Waals surface area (Å²) in [6, 6.07) is 14.4. The molecular formula is C35H37N7O5. The maximum Gasteiger partial charge on any atom is 0.311 e. The number of rotatable bonds is 7. The zero-order valence-electron chi connectivity index (χ0n) is 26.5. The Morgan fingerprint density at radius 2 is 1.68 bits per heavy atom. The van der Waals surface area contributed by atoms with E-state index in [1.54, 1.807) is 48.9 Å². The Morgan fingerprint density at radius 3 is 2.43 bits per heavy atom. The van der Waals surface area contributed by atoms with Gasteiger partial charge in [-0.2, -0.15) is 0 Å². The average molecular weight is 636 g/mol. The molecule has 1 amide bonds. The fraction of sp³-hybridized carbons (Fsp3) is 0.314. The molecule has 12 nitrogen and oxygen atoms in total. The number of piperazine rings is 1. The fourth-order valence-corrected chi connectivity index (χ4v) is 5.48. The standard InChI is InChI=1S/C35H37N7O5/c1-23-9-11-26(20-29(23)40-35-37-15-13-28(39-35)24-6-5-14-36-21-24)38-34(45)27-12-10-25(22-42-18-16-41(2)17-19-42)32-33(27)47-31(44)8-4-3-7-30(43)46-32/h5-6,9-15,20-21H,3-4,7-8,16-19,22H2,1-2H3,(H,38,45)(H,37,39,40). The molecule has 0 spiro atoms. The number of amides is 1. The van der Waals surface area contributed by atoms with Gasteiger partial charge in [0.05, 0.1) is 11.3 Å². The number of likely N-dealkylation sites (N-methyl/N-ethyl adjacent to an activating group) is 1. The first-order chi connectivity index (χ1) is 22.8. The monoisotopic (exact) mass is 635 g/mol. The number of hydrogen-bond donors (Lipinski definition) is 2. The van der Waals surface area contributed by atoms with Crippen LogP contribution in [-0.2, 0) is 16.1 Å². The van der Waals surface area contributed by atoms with Crippen LogP contribution in [0, 0.1) is 6.92 Å². The number of aromatic nitrogens is 3. The molecule has 6 rings (SSSR count). The third kappa shape index (κ3) is 7.97. The highest BCUT2D eigenvalue weighted by Crippen LogP contribution is 2.38. The lowest BCUT2D eigenvalue weighted by Gasteiger charge is -2.32. The molecule has 2 aliphatic heterocycles. The molecule has 4 aromatic rings. The smallest absolute Gasteiger partial charge is 0.311 e. The molecular weight excluding hydrogens is 598 g/mol. The largest absolute Gasteiger partial charge is 0.422 e. The number of esters is 2. The summed E-state index contributed by atoms with van der Waals surface area (Å²) in [6.07, 6.45) is 6.40. The second kappa shape index (κ2) is 14.5. The van der Waals surface area contributed by atoms with Gasteiger partial charge in [0.15, 0.2) is 11.5 Å². The first kappa shape index (κ1) is 31.8. The number of ether oxygens (including phenoxy) is 2. The molecule has 1 saturated heterocycles. The van der Waals surface area contributed by atoms with Gasteiger partial charge < -0.3 is 25.0 Å². The molecule has 0 saturated carbocycles. The topological polar surface area (TPSA) is 139 Å². The number of nitrogens with zero attached hydrogens (tertiary/aromatic N) is 5. The minimum Gasteiger partial charge on any atom is -0.422 e. The van der Waals surface area contributed by atoms with Crippen molar-refractivity contribution >= 4 is 35.2 Å². The summed E-state index contributed by atoms with van der Waals surface area (Å²) in [5.41, 5.74) is 4.43. The number of nitrogens with one attached hydrogen (secondary N) is 2. The first-order valence-corrected chi connectivity index (χ1v) is 15.7. The second-order valence-electron chi connectivity index (χ2n) is 11.8. The van der Waals surface area contributed by atoms with Crippen LogP contribution in [0.1, 0.15) is 47.2 Å². The number of benzene rings is 2. The highest BCUT2D eigenvalue weighted by Gasteiger charge is 2.28. The normalized spacial score (nSPS) is 16.0. The van der Waals surface area contributed by atoms with E-state index in [4.69, 9.17) is 9.47 Å². The van der Waals surface area contributed by atoms with Crippen molar-refractivity contribution in [2.75, 3.05) is 43.9 Å². The van der Waals surface area contributed by atoms with E-state index in [9.17, 15) is 14.4 Å². The van der Waals surface area contributed by atoms with Crippen LogP contribution in [0.4, 0.5) is 17.3 Å². The fourth-order valence-electron chi connectivity index (χ4n) is 5.48. The lowest BCUT2D eigenvalue weighted by atomic mass is 10.1. The van der Waals surface area contributed by atoms with E-state index in [0.29, 0.717) is 48.0 Å². The van der Waals surface area contributed by atoms with Gasteiger partial charge in [-0.05, 0) is 68.8 Å². The molecule has 0 atom stereocenters. The Morgan fingerprint density at radius 1 is 0.915 bits per heavy atom. The maximum atomic E-state index is 13.8. The summed E-state index contributed by atoms with van der Waals surface area (Å²) in [5.74, 6) is -0.959. The molecule has 0 unspecified atom stereocenters. The molecule has 2 aliphatic rings. The lowest BCUT2D eigenvalue weighted by molar-refractivity contribution is -0.138. The minimum atomic E-state index is -0.516. The highest BCUT2D eigenvalue weighted by atomic mass is 16.6. The maximum absolute atomic E-state index is 13.8. The van der Waals surface area contributed by atoms with Crippen molar-refractivity contribution in [3.63, 3.8) is 0 Å². The molecule has 12 heteroatoms. The van der Waals surface area contributed by atoms with E-state index in [1.807, 2.05) is 25.1 Å². The molecule has 0 aliphatic carbocycles. The number of aryl methyl sites for hydroxylation is 1. The van der Waals surface area contributed by atoms with Crippen molar-refractivity contribution in [2.45, 2.75) is 39.2 Å². The number of fused-ring (bicyclic) bond motifs is 1. The van der Waals surface area contributed by atoms with E-state index >= 15 is 0 Å². The average Bonchev–Trinajstić information content (AvgIpc) is 3.07. The second-order valence-corrected chi connectivity index (χ2v) is 11.8. The Kier molecular flexibility index (Phi) is 9.79. The predicted molar refractivity (Wildman–Crippen MR) is 177 cm³/mol. The van der Waals surface area contributed by atoms with Gasteiger partial charge >= 0.3 is 11.9 Å². The van der Waals surface area contributed by atoms with Crippen molar-refractivity contribution in [2.24, 2.45) is 0 Å². The Hall–Kier alpha value is -5.20. The molecule has 242 valence electrons. The Balaban J connectivity index is 1.27. The molecule has 0 bridgehead atoms. The van der Waals surface area contributed by atoms with Crippen LogP contribution in [0.25, 0.3) is 11.3 Å². The van der Waals surface area contributed by atoms with Crippen LogP contribution in [0.15, 0.2) is 67.1 Å². The van der Waals surface area contributed by atoms with Crippen molar-refractivity contribution in [1.29, 1.82) is 0 Å². The van der Waals surface area contributed by atoms with Gasteiger partial charge in [-0.1, -0.05) is 12.1 Å². The van der Waals surface area contributed by atoms with Crippen LogP contribution in [0.3, 0.4) is 0 Å². The van der Waals surface area contributed by atoms with E-state index in [-0.39, 0.29) is 29.9 Å². The molecule has 4 heterocycles. The summed E-state index contributed by atoms with van der Waals surface area (Å²) in [4.78, 5) is 57.1. The van der Waals surface area contributed by atoms with Gasteiger partial charge in [-0.15, -0.1) is 0 Å². The van der Waals surface area contributed by atoms with Gasteiger partial charge in [0.1, 0.15) is 0 Å². The molecule has 2 aromatic heterocycles. The van der Waals surface area contributed by atoms with Gasteiger partial charge in [0.25, 0.3) is 5.91 Å². The quantitative estimate of drug-likeness (QED) is 0.210. The third-order valence-electron chi connectivity index (χ3n) is 8.23. The minimum absolute atomic E-state index is 0.0412.